The molecule has 0 aliphatic carbocycles. The maximum Gasteiger partial charge on any atom is 0.208 e. The Morgan fingerprint density at radius 2 is 1.94 bits per heavy atom. The number of hydrogen-bond donors (Lipinski definition) is 1. The summed E-state index contributed by atoms with van der Waals surface area (Å²) in [7, 11) is 0. The van der Waals surface area contributed by atoms with Crippen molar-refractivity contribution in [1.29, 1.82) is 5.26 Å². The Hall–Kier alpha value is -1.21. The van der Waals surface area contributed by atoms with Gasteiger partial charge in [0.15, 0.2) is 0 Å². The molecule has 0 spiro atoms. The van der Waals surface area contributed by atoms with Crippen LogP contribution >= 0.6 is 34.8 Å². The average Bonchev–Trinajstić information content (AvgIpc) is 2.26. The van der Waals surface area contributed by atoms with E-state index in [1.807, 2.05) is 0 Å². The molecule has 0 saturated carbocycles. The Kier molecular flexibility index (Phi) is 2.81. The lowest BCUT2D eigenvalue weighted by Gasteiger charge is -2.04. The molecule has 0 amide bonds. The highest BCUT2D eigenvalue weighted by atomic mass is 35.5. The van der Waals surface area contributed by atoms with Crippen LogP contribution in [0.2, 0.25) is 15.1 Å². The monoisotopic (exact) mass is 272 g/mol. The molecule has 3 nitrogen and oxygen atoms in total. The lowest BCUT2D eigenvalue weighted by Crippen LogP contribution is -2.08. The summed E-state index contributed by atoms with van der Waals surface area (Å²) in [6.45, 7) is 0. The second-order valence-electron chi connectivity index (χ2n) is 3.05. The molecule has 2 aromatic rings. The van der Waals surface area contributed by atoms with Crippen molar-refractivity contribution in [2.75, 3.05) is 0 Å². The Labute approximate surface area is 105 Å². The smallest absolute Gasteiger partial charge is 0.208 e. The van der Waals surface area contributed by atoms with Crippen molar-refractivity contribution >= 4 is 45.7 Å². The quantitative estimate of drug-likeness (QED) is 0.748. The Balaban J connectivity index is 3.10. The highest BCUT2D eigenvalue weighted by Gasteiger charge is 2.14. The van der Waals surface area contributed by atoms with Crippen molar-refractivity contribution in [2.45, 2.75) is 0 Å². The SMILES string of the molecule is N#Cc1c[nH]c2c(Cl)cc(Cl)c(Cl)c2c1=O. The van der Waals surface area contributed by atoms with Gasteiger partial charge in [0, 0.05) is 6.20 Å². The average molecular weight is 274 g/mol. The van der Waals surface area contributed by atoms with Crippen LogP contribution in [0.1, 0.15) is 5.56 Å². The fourth-order valence-corrected chi connectivity index (χ4v) is 2.13. The van der Waals surface area contributed by atoms with Gasteiger partial charge in [-0.3, -0.25) is 4.79 Å². The lowest BCUT2D eigenvalue weighted by molar-refractivity contribution is 1.34. The molecule has 16 heavy (non-hydrogen) atoms. The van der Waals surface area contributed by atoms with Crippen LogP contribution in [-0.2, 0) is 0 Å². The number of nitrogens with zero attached hydrogens (tertiary/aromatic N) is 1. The molecule has 0 saturated heterocycles. The summed E-state index contributed by atoms with van der Waals surface area (Å²) in [6, 6.07) is 3.21. The van der Waals surface area contributed by atoms with E-state index in [0.29, 0.717) is 5.52 Å². The van der Waals surface area contributed by atoms with E-state index in [4.69, 9.17) is 40.1 Å². The Morgan fingerprint density at radius 3 is 2.56 bits per heavy atom. The van der Waals surface area contributed by atoms with Gasteiger partial charge in [0.1, 0.15) is 11.6 Å². The first-order valence-electron chi connectivity index (χ1n) is 4.15. The minimum atomic E-state index is -0.481. The number of hydrogen-bond acceptors (Lipinski definition) is 2. The van der Waals surface area contributed by atoms with Gasteiger partial charge < -0.3 is 4.98 Å². The Bertz CT molecular complexity index is 685. The largest absolute Gasteiger partial charge is 0.358 e. The van der Waals surface area contributed by atoms with Gasteiger partial charge in [-0.1, -0.05) is 34.8 Å². The number of fused-ring (bicyclic) bond motifs is 1. The van der Waals surface area contributed by atoms with Crippen molar-refractivity contribution in [2.24, 2.45) is 0 Å². The Morgan fingerprint density at radius 1 is 1.25 bits per heavy atom. The third-order valence-electron chi connectivity index (χ3n) is 2.12. The zero-order valence-electron chi connectivity index (χ0n) is 7.64. The standard InChI is InChI=1S/C10H3Cl3N2O/c11-5-1-6(12)9-7(8(5)13)10(16)4(2-14)3-15-9/h1,3H,(H,15,16). The first-order valence-corrected chi connectivity index (χ1v) is 5.28. The highest BCUT2D eigenvalue weighted by Crippen LogP contribution is 2.33. The first-order chi connectivity index (χ1) is 7.56. The summed E-state index contributed by atoms with van der Waals surface area (Å²) < 4.78 is 0. The number of H-pyrrole nitrogens is 1. The van der Waals surface area contributed by atoms with Crippen LogP contribution in [0.5, 0.6) is 0 Å². The second kappa shape index (κ2) is 3.99. The van der Waals surface area contributed by atoms with Gasteiger partial charge in [0.25, 0.3) is 0 Å². The van der Waals surface area contributed by atoms with Crippen LogP contribution in [-0.4, -0.2) is 4.98 Å². The number of aromatic nitrogens is 1. The molecule has 0 unspecified atom stereocenters. The van der Waals surface area contributed by atoms with Crippen molar-refractivity contribution in [1.82, 2.24) is 4.98 Å². The molecular formula is C10H3Cl3N2O. The molecule has 1 heterocycles. The number of aromatic amines is 1. The van der Waals surface area contributed by atoms with E-state index in [1.165, 1.54) is 12.3 Å². The molecule has 0 radical (unpaired) electrons. The van der Waals surface area contributed by atoms with Crippen LogP contribution in [0.25, 0.3) is 10.9 Å². The molecule has 6 heteroatoms. The summed E-state index contributed by atoms with van der Waals surface area (Å²) >= 11 is 17.6. The lowest BCUT2D eigenvalue weighted by atomic mass is 10.1. The minimum absolute atomic E-state index is 0.0345. The van der Waals surface area contributed by atoms with E-state index in [-0.39, 0.29) is 26.0 Å². The number of nitrogens with one attached hydrogen (secondary N) is 1. The third kappa shape index (κ3) is 1.56. The van der Waals surface area contributed by atoms with Crippen molar-refractivity contribution in [3.63, 3.8) is 0 Å². The number of nitriles is 1. The van der Waals surface area contributed by atoms with Crippen molar-refractivity contribution < 1.29 is 0 Å². The van der Waals surface area contributed by atoms with Crippen LogP contribution < -0.4 is 5.43 Å². The molecule has 1 aromatic heterocycles. The van der Waals surface area contributed by atoms with E-state index < -0.39 is 5.43 Å². The minimum Gasteiger partial charge on any atom is -0.358 e. The molecule has 1 aromatic carbocycles. The number of halogens is 3. The van der Waals surface area contributed by atoms with Crippen LogP contribution in [0.3, 0.4) is 0 Å². The molecule has 0 aliphatic heterocycles. The first kappa shape index (κ1) is 11.3. The molecule has 0 atom stereocenters. The van der Waals surface area contributed by atoms with Gasteiger partial charge >= 0.3 is 0 Å². The van der Waals surface area contributed by atoms with Gasteiger partial charge in [-0.05, 0) is 6.07 Å². The summed E-state index contributed by atoms with van der Waals surface area (Å²) in [5.41, 5.74) is -0.140. The van der Waals surface area contributed by atoms with Gasteiger partial charge in [0.2, 0.25) is 5.43 Å². The zero-order valence-corrected chi connectivity index (χ0v) is 9.91. The maximum absolute atomic E-state index is 11.8. The van der Waals surface area contributed by atoms with E-state index >= 15 is 0 Å². The fourth-order valence-electron chi connectivity index (χ4n) is 1.38. The van der Waals surface area contributed by atoms with E-state index in [9.17, 15) is 4.79 Å². The molecule has 2 rings (SSSR count). The molecule has 1 N–H and O–H groups in total. The topological polar surface area (TPSA) is 56.6 Å². The molecular weight excluding hydrogens is 270 g/mol. The molecule has 80 valence electrons. The van der Waals surface area contributed by atoms with E-state index in [2.05, 4.69) is 4.98 Å². The predicted octanol–water partition coefficient (Wildman–Crippen LogP) is 3.36. The fraction of sp³-hybridized carbons (Fsp3) is 0. The van der Waals surface area contributed by atoms with Crippen molar-refractivity contribution in [3.8, 4) is 6.07 Å². The van der Waals surface area contributed by atoms with Crippen LogP contribution in [0, 0.1) is 11.3 Å². The molecule has 0 fully saturated rings. The summed E-state index contributed by atoms with van der Waals surface area (Å²) in [6.07, 6.45) is 1.29. The normalized spacial score (nSPS) is 10.4. The summed E-state index contributed by atoms with van der Waals surface area (Å²) in [5, 5.41) is 9.43. The van der Waals surface area contributed by atoms with Gasteiger partial charge in [-0.25, -0.2) is 0 Å². The third-order valence-corrected chi connectivity index (χ3v) is 3.21. The van der Waals surface area contributed by atoms with Crippen molar-refractivity contribution in [3.05, 3.63) is 43.1 Å². The number of pyridine rings is 1. The number of benzene rings is 1. The summed E-state index contributed by atoms with van der Waals surface area (Å²) in [5.74, 6) is 0. The van der Waals surface area contributed by atoms with Gasteiger partial charge in [-0.2, -0.15) is 5.26 Å². The molecule has 0 aliphatic rings. The van der Waals surface area contributed by atoms with E-state index in [1.54, 1.807) is 6.07 Å². The molecule has 0 bridgehead atoms. The summed E-state index contributed by atoms with van der Waals surface area (Å²) in [4.78, 5) is 14.6. The van der Waals surface area contributed by atoms with Gasteiger partial charge in [-0.15, -0.1) is 0 Å². The maximum atomic E-state index is 11.8. The zero-order chi connectivity index (χ0) is 11.9. The van der Waals surface area contributed by atoms with Crippen LogP contribution in [0.4, 0.5) is 0 Å². The van der Waals surface area contributed by atoms with E-state index in [0.717, 1.165) is 0 Å². The van der Waals surface area contributed by atoms with Gasteiger partial charge in [0.05, 0.1) is 26.0 Å². The second-order valence-corrected chi connectivity index (χ2v) is 4.24. The predicted molar refractivity (Wildman–Crippen MR) is 64.3 cm³/mol. The highest BCUT2D eigenvalue weighted by molar-refractivity contribution is 6.47. The number of rotatable bonds is 0. The van der Waals surface area contributed by atoms with Crippen LogP contribution in [0.15, 0.2) is 17.1 Å².